The maximum Gasteiger partial charge on any atom is 0.320 e. The number of aromatic nitrogens is 1. The summed E-state index contributed by atoms with van der Waals surface area (Å²) in [6.45, 7) is -0.765. The smallest absolute Gasteiger partial charge is 0.320 e. The first kappa shape index (κ1) is 11.4. The molecule has 1 rings (SSSR count). The van der Waals surface area contributed by atoms with Crippen LogP contribution in [0.2, 0.25) is 0 Å². The molecule has 0 saturated carbocycles. The van der Waals surface area contributed by atoms with Crippen molar-refractivity contribution in [2.45, 2.75) is 19.1 Å². The van der Waals surface area contributed by atoms with Crippen molar-refractivity contribution in [1.29, 1.82) is 0 Å². The molecule has 0 amide bonds. The number of halogens is 1. The average molecular weight is 214 g/mol. The van der Waals surface area contributed by atoms with Gasteiger partial charge in [0.05, 0.1) is 0 Å². The summed E-state index contributed by atoms with van der Waals surface area (Å²) < 4.78 is 12.3. The summed E-state index contributed by atoms with van der Waals surface area (Å²) >= 11 is 0. The molecular weight excluding hydrogens is 203 g/mol. The fraction of sp³-hybridized carbons (Fsp3) is 0.333. The van der Waals surface area contributed by atoms with Crippen molar-refractivity contribution in [1.82, 2.24) is 4.98 Å². The molecule has 0 radical (unpaired) electrons. The zero-order valence-electron chi connectivity index (χ0n) is 7.87. The monoisotopic (exact) mass is 214 g/mol. The van der Waals surface area contributed by atoms with E-state index in [1.165, 1.54) is 6.07 Å². The molecule has 0 bridgehead atoms. The zero-order chi connectivity index (χ0) is 11.4. The van der Waals surface area contributed by atoms with E-state index in [4.69, 9.17) is 10.8 Å². The molecule has 1 atom stereocenters. The lowest BCUT2D eigenvalue weighted by molar-refractivity contribution is -0.138. The van der Waals surface area contributed by atoms with Crippen LogP contribution in [-0.4, -0.2) is 22.1 Å². The fourth-order valence-corrected chi connectivity index (χ4v) is 1.18. The number of carbonyl (C=O) groups is 1. The molecule has 82 valence electrons. The summed E-state index contributed by atoms with van der Waals surface area (Å²) in [5, 5.41) is 8.55. The lowest BCUT2D eigenvalue weighted by atomic mass is 10.1. The van der Waals surface area contributed by atoms with Gasteiger partial charge in [-0.05, 0) is 11.6 Å². The van der Waals surface area contributed by atoms with E-state index in [2.05, 4.69) is 4.98 Å². The molecule has 0 aliphatic rings. The Morgan fingerprint density at radius 3 is 2.80 bits per heavy atom. The molecule has 0 aliphatic heterocycles. The van der Waals surface area contributed by atoms with Gasteiger partial charge in [0.15, 0.2) is 0 Å². The van der Waals surface area contributed by atoms with Crippen LogP contribution in [-0.2, 0) is 17.9 Å². The third-order valence-corrected chi connectivity index (χ3v) is 1.87. The number of nitrogens with one attached hydrogen (secondary N) is 1. The number of pyridine rings is 1. The minimum absolute atomic E-state index is 0.0294. The highest BCUT2D eigenvalue weighted by Crippen LogP contribution is 2.03. The van der Waals surface area contributed by atoms with Gasteiger partial charge >= 0.3 is 5.97 Å². The number of carboxylic acid groups (broad SMARTS) is 1. The van der Waals surface area contributed by atoms with Crippen molar-refractivity contribution in [3.05, 3.63) is 33.7 Å². The minimum atomic E-state index is -1.17. The number of nitrogens with two attached hydrogens (primary N) is 1. The second kappa shape index (κ2) is 4.70. The highest BCUT2D eigenvalue weighted by Gasteiger charge is 2.13. The second-order valence-corrected chi connectivity index (χ2v) is 3.16. The van der Waals surface area contributed by atoms with Crippen LogP contribution in [0.15, 0.2) is 16.9 Å². The molecule has 1 aromatic heterocycles. The average Bonchev–Trinajstić information content (AvgIpc) is 2.16. The van der Waals surface area contributed by atoms with Crippen LogP contribution in [0.1, 0.15) is 11.3 Å². The second-order valence-electron chi connectivity index (χ2n) is 3.16. The summed E-state index contributed by atoms with van der Waals surface area (Å²) in [5.74, 6) is -1.17. The van der Waals surface area contributed by atoms with E-state index in [9.17, 15) is 14.0 Å². The van der Waals surface area contributed by atoms with Gasteiger partial charge in [-0.25, -0.2) is 4.39 Å². The molecule has 15 heavy (non-hydrogen) atoms. The van der Waals surface area contributed by atoms with E-state index >= 15 is 0 Å². The normalized spacial score (nSPS) is 12.4. The minimum Gasteiger partial charge on any atom is -0.480 e. The maximum atomic E-state index is 12.3. The lowest BCUT2D eigenvalue weighted by Crippen LogP contribution is -2.33. The number of carboxylic acids is 1. The molecule has 0 spiro atoms. The van der Waals surface area contributed by atoms with Crippen molar-refractivity contribution < 1.29 is 14.3 Å². The summed E-state index contributed by atoms with van der Waals surface area (Å²) in [5.41, 5.74) is 5.35. The van der Waals surface area contributed by atoms with E-state index in [-0.39, 0.29) is 12.0 Å². The Hall–Kier alpha value is -1.69. The first-order valence-corrected chi connectivity index (χ1v) is 4.29. The van der Waals surface area contributed by atoms with Crippen molar-refractivity contribution in [2.24, 2.45) is 5.73 Å². The Balaban J connectivity index is 2.90. The highest BCUT2D eigenvalue weighted by atomic mass is 19.1. The Bertz CT molecular complexity index is 416. The predicted octanol–water partition coefficient (Wildman–Crippen LogP) is -0.201. The molecule has 5 nitrogen and oxygen atoms in total. The molecule has 0 aliphatic carbocycles. The molecule has 1 aromatic rings. The Labute approximate surface area is 84.7 Å². The first-order valence-electron chi connectivity index (χ1n) is 4.29. The fourth-order valence-electron chi connectivity index (χ4n) is 1.18. The van der Waals surface area contributed by atoms with Gasteiger partial charge in [0, 0.05) is 18.2 Å². The quantitative estimate of drug-likeness (QED) is 0.646. The number of aromatic amines is 1. The number of hydrogen-bond acceptors (Lipinski definition) is 3. The van der Waals surface area contributed by atoms with Crippen molar-refractivity contribution >= 4 is 5.97 Å². The van der Waals surface area contributed by atoms with Crippen LogP contribution >= 0.6 is 0 Å². The van der Waals surface area contributed by atoms with Gasteiger partial charge in [0.1, 0.15) is 12.7 Å². The van der Waals surface area contributed by atoms with Crippen molar-refractivity contribution in [2.75, 3.05) is 0 Å². The van der Waals surface area contributed by atoms with Crippen LogP contribution in [0.4, 0.5) is 4.39 Å². The SMILES string of the molecule is NC(Cc1cc(CF)cc(=O)[nH]1)C(=O)O. The van der Waals surface area contributed by atoms with Gasteiger partial charge in [-0.15, -0.1) is 0 Å². The molecule has 0 fully saturated rings. The molecular formula is C9H11FN2O3. The van der Waals surface area contributed by atoms with E-state index in [0.29, 0.717) is 5.69 Å². The molecule has 6 heteroatoms. The topological polar surface area (TPSA) is 96.2 Å². The van der Waals surface area contributed by atoms with Gasteiger partial charge < -0.3 is 15.8 Å². The number of rotatable bonds is 4. The van der Waals surface area contributed by atoms with Crippen LogP contribution in [0, 0.1) is 0 Å². The van der Waals surface area contributed by atoms with Crippen LogP contribution < -0.4 is 11.3 Å². The largest absolute Gasteiger partial charge is 0.480 e. The lowest BCUT2D eigenvalue weighted by Gasteiger charge is -2.06. The first-order chi connectivity index (χ1) is 7.02. The molecule has 1 unspecified atom stereocenters. The summed E-state index contributed by atoms with van der Waals surface area (Å²) in [4.78, 5) is 23.9. The van der Waals surface area contributed by atoms with Gasteiger partial charge in [0.2, 0.25) is 5.56 Å². The van der Waals surface area contributed by atoms with E-state index in [1.807, 2.05) is 0 Å². The van der Waals surface area contributed by atoms with Crippen molar-refractivity contribution in [3.63, 3.8) is 0 Å². The molecule has 1 heterocycles. The summed E-state index contributed by atoms with van der Waals surface area (Å²) in [6.07, 6.45) is -0.0294. The van der Waals surface area contributed by atoms with Crippen LogP contribution in [0.3, 0.4) is 0 Å². The predicted molar refractivity (Wildman–Crippen MR) is 51.2 cm³/mol. The van der Waals surface area contributed by atoms with Gasteiger partial charge in [-0.3, -0.25) is 9.59 Å². The third kappa shape index (κ3) is 3.17. The maximum absolute atomic E-state index is 12.3. The summed E-state index contributed by atoms with van der Waals surface area (Å²) in [7, 11) is 0. The van der Waals surface area contributed by atoms with Gasteiger partial charge in [0.25, 0.3) is 0 Å². The number of alkyl halides is 1. The number of hydrogen-bond donors (Lipinski definition) is 3. The molecule has 0 aromatic carbocycles. The number of aliphatic carboxylic acids is 1. The Kier molecular flexibility index (Phi) is 3.56. The van der Waals surface area contributed by atoms with E-state index < -0.39 is 24.2 Å². The third-order valence-electron chi connectivity index (χ3n) is 1.87. The summed E-state index contributed by atoms with van der Waals surface area (Å²) in [6, 6.07) is 1.41. The highest BCUT2D eigenvalue weighted by molar-refractivity contribution is 5.73. The van der Waals surface area contributed by atoms with Gasteiger partial charge in [-0.1, -0.05) is 0 Å². The standard InChI is InChI=1S/C9H11FN2O3/c10-4-5-1-6(12-8(13)2-5)3-7(11)9(14)15/h1-2,7H,3-4,11H2,(H,12,13)(H,14,15). The van der Waals surface area contributed by atoms with E-state index in [0.717, 1.165) is 6.07 Å². The van der Waals surface area contributed by atoms with Crippen molar-refractivity contribution in [3.8, 4) is 0 Å². The molecule has 0 saturated heterocycles. The van der Waals surface area contributed by atoms with Gasteiger partial charge in [-0.2, -0.15) is 0 Å². The van der Waals surface area contributed by atoms with E-state index in [1.54, 1.807) is 0 Å². The Morgan fingerprint density at radius 2 is 2.27 bits per heavy atom. The Morgan fingerprint density at radius 1 is 1.60 bits per heavy atom. The molecule has 4 N–H and O–H groups in total. The van der Waals surface area contributed by atoms with Crippen LogP contribution in [0.25, 0.3) is 0 Å². The number of H-pyrrole nitrogens is 1. The zero-order valence-corrected chi connectivity index (χ0v) is 7.87. The van der Waals surface area contributed by atoms with Crippen LogP contribution in [0.5, 0.6) is 0 Å².